The third-order valence-electron chi connectivity index (χ3n) is 2.01. The second-order valence-electron chi connectivity index (χ2n) is 3.33. The van der Waals surface area contributed by atoms with E-state index in [0.717, 1.165) is 5.56 Å². The van der Waals surface area contributed by atoms with E-state index in [1.807, 2.05) is 30.3 Å². The molecule has 0 bridgehead atoms. The zero-order chi connectivity index (χ0) is 11.8. The first-order valence-corrected chi connectivity index (χ1v) is 6.57. The topological polar surface area (TPSA) is 72.2 Å². The fraction of sp³-hybridized carbons (Fsp3) is 0.364. The average molecular weight is 240 g/mol. The van der Waals surface area contributed by atoms with E-state index in [9.17, 15) is 9.00 Å². The molecule has 0 spiro atoms. The molecule has 1 amide bonds. The lowest BCUT2D eigenvalue weighted by Gasteiger charge is -2.04. The molecule has 0 fully saturated rings. The number of nitrogens with two attached hydrogens (primary N) is 1. The largest absolute Gasteiger partial charge is 0.354 e. The molecular formula is C11H16N2O2S. The van der Waals surface area contributed by atoms with Crippen LogP contribution in [0.5, 0.6) is 0 Å². The van der Waals surface area contributed by atoms with Gasteiger partial charge in [-0.25, -0.2) is 0 Å². The van der Waals surface area contributed by atoms with Gasteiger partial charge in [-0.05, 0) is 5.56 Å². The minimum Gasteiger partial charge on any atom is -0.354 e. The molecule has 1 rings (SSSR count). The SMILES string of the molecule is NCC(=O)NCCS(=O)Cc1ccccc1. The second kappa shape index (κ2) is 7.14. The van der Waals surface area contributed by atoms with E-state index in [-0.39, 0.29) is 12.5 Å². The van der Waals surface area contributed by atoms with Crippen molar-refractivity contribution in [1.82, 2.24) is 5.32 Å². The molecule has 3 N–H and O–H groups in total. The highest BCUT2D eigenvalue weighted by Crippen LogP contribution is 2.02. The van der Waals surface area contributed by atoms with Gasteiger partial charge in [-0.2, -0.15) is 0 Å². The van der Waals surface area contributed by atoms with Crippen LogP contribution in [0.1, 0.15) is 5.56 Å². The van der Waals surface area contributed by atoms with Crippen LogP contribution in [-0.4, -0.2) is 29.0 Å². The van der Waals surface area contributed by atoms with Crippen LogP contribution in [0.2, 0.25) is 0 Å². The highest BCUT2D eigenvalue weighted by atomic mass is 32.2. The molecule has 0 aliphatic heterocycles. The first kappa shape index (κ1) is 12.9. The smallest absolute Gasteiger partial charge is 0.233 e. The lowest BCUT2D eigenvalue weighted by atomic mass is 10.2. The lowest BCUT2D eigenvalue weighted by Crippen LogP contribution is -2.33. The summed E-state index contributed by atoms with van der Waals surface area (Å²) < 4.78 is 11.6. The van der Waals surface area contributed by atoms with E-state index in [4.69, 9.17) is 5.73 Å². The monoisotopic (exact) mass is 240 g/mol. The number of carbonyl (C=O) groups excluding carboxylic acids is 1. The molecule has 0 heterocycles. The molecule has 1 atom stereocenters. The Kier molecular flexibility index (Phi) is 5.74. The van der Waals surface area contributed by atoms with Gasteiger partial charge in [0.25, 0.3) is 0 Å². The van der Waals surface area contributed by atoms with Crippen molar-refractivity contribution >= 4 is 16.7 Å². The van der Waals surface area contributed by atoms with E-state index in [1.165, 1.54) is 0 Å². The molecule has 1 unspecified atom stereocenters. The molecule has 1 aromatic carbocycles. The van der Waals surface area contributed by atoms with Crippen molar-refractivity contribution in [2.45, 2.75) is 5.75 Å². The van der Waals surface area contributed by atoms with Crippen molar-refractivity contribution in [3.05, 3.63) is 35.9 Å². The van der Waals surface area contributed by atoms with E-state index in [1.54, 1.807) is 0 Å². The summed E-state index contributed by atoms with van der Waals surface area (Å²) in [5, 5.41) is 2.59. The Balaban J connectivity index is 2.24. The summed E-state index contributed by atoms with van der Waals surface area (Å²) in [6, 6.07) is 9.64. The quantitative estimate of drug-likeness (QED) is 0.736. The molecule has 1 aromatic rings. The first-order valence-electron chi connectivity index (χ1n) is 5.08. The molecule has 0 radical (unpaired) electrons. The Morgan fingerprint density at radius 2 is 2.00 bits per heavy atom. The predicted molar refractivity (Wildman–Crippen MR) is 65.2 cm³/mol. The predicted octanol–water partition coefficient (Wildman–Crippen LogP) is 0.0102. The van der Waals surface area contributed by atoms with Gasteiger partial charge in [0.15, 0.2) is 0 Å². The fourth-order valence-electron chi connectivity index (χ4n) is 1.21. The maximum Gasteiger partial charge on any atom is 0.233 e. The maximum absolute atomic E-state index is 11.6. The third-order valence-corrected chi connectivity index (χ3v) is 3.32. The number of carbonyl (C=O) groups is 1. The van der Waals surface area contributed by atoms with Gasteiger partial charge in [0.2, 0.25) is 5.91 Å². The second-order valence-corrected chi connectivity index (χ2v) is 4.90. The molecule has 0 saturated heterocycles. The average Bonchev–Trinajstić information content (AvgIpc) is 2.30. The summed E-state index contributed by atoms with van der Waals surface area (Å²) in [6.07, 6.45) is 0. The van der Waals surface area contributed by atoms with Gasteiger partial charge in [-0.3, -0.25) is 9.00 Å². The fourth-order valence-corrected chi connectivity index (χ4v) is 2.25. The van der Waals surface area contributed by atoms with Crippen molar-refractivity contribution in [3.8, 4) is 0 Å². The van der Waals surface area contributed by atoms with Crippen LogP contribution in [0.4, 0.5) is 0 Å². The van der Waals surface area contributed by atoms with E-state index in [0.29, 0.717) is 18.1 Å². The van der Waals surface area contributed by atoms with Gasteiger partial charge >= 0.3 is 0 Å². The molecule has 5 heteroatoms. The van der Waals surface area contributed by atoms with Gasteiger partial charge in [0.1, 0.15) is 0 Å². The van der Waals surface area contributed by atoms with Crippen molar-refractivity contribution < 1.29 is 9.00 Å². The van der Waals surface area contributed by atoms with Crippen molar-refractivity contribution in [2.75, 3.05) is 18.8 Å². The Hall–Kier alpha value is -1.20. The number of hydrogen-bond acceptors (Lipinski definition) is 3. The molecule has 0 aliphatic carbocycles. The number of hydrogen-bond donors (Lipinski definition) is 2. The van der Waals surface area contributed by atoms with Gasteiger partial charge in [0.05, 0.1) is 6.54 Å². The summed E-state index contributed by atoms with van der Waals surface area (Å²) in [5.41, 5.74) is 6.17. The number of amides is 1. The minimum absolute atomic E-state index is 0.0225. The number of rotatable bonds is 6. The van der Waals surface area contributed by atoms with Crippen LogP contribution in [0, 0.1) is 0 Å². The molecule has 0 aliphatic rings. The van der Waals surface area contributed by atoms with E-state index in [2.05, 4.69) is 5.32 Å². The summed E-state index contributed by atoms with van der Waals surface area (Å²) in [6.45, 7) is 0.390. The molecule has 88 valence electrons. The Bertz CT molecular complexity index is 354. The zero-order valence-electron chi connectivity index (χ0n) is 9.02. The molecule has 16 heavy (non-hydrogen) atoms. The third kappa shape index (κ3) is 5.04. The van der Waals surface area contributed by atoms with Crippen molar-refractivity contribution in [3.63, 3.8) is 0 Å². The molecule has 4 nitrogen and oxygen atoms in total. The number of nitrogens with one attached hydrogen (secondary N) is 1. The van der Waals surface area contributed by atoms with E-state index < -0.39 is 10.8 Å². The van der Waals surface area contributed by atoms with Crippen LogP contribution in [0.15, 0.2) is 30.3 Å². The van der Waals surface area contributed by atoms with Crippen molar-refractivity contribution in [2.24, 2.45) is 5.73 Å². The molecule has 0 saturated carbocycles. The van der Waals surface area contributed by atoms with Crippen LogP contribution in [0.25, 0.3) is 0 Å². The normalized spacial score (nSPS) is 12.1. The highest BCUT2D eigenvalue weighted by molar-refractivity contribution is 7.84. The summed E-state index contributed by atoms with van der Waals surface area (Å²) in [5.74, 6) is 0.775. The zero-order valence-corrected chi connectivity index (χ0v) is 9.83. The molecular weight excluding hydrogens is 224 g/mol. The van der Waals surface area contributed by atoms with Gasteiger partial charge in [-0.15, -0.1) is 0 Å². The summed E-state index contributed by atoms with van der Waals surface area (Å²) in [4.78, 5) is 10.8. The van der Waals surface area contributed by atoms with E-state index >= 15 is 0 Å². The van der Waals surface area contributed by atoms with Crippen LogP contribution in [-0.2, 0) is 21.3 Å². The Morgan fingerprint density at radius 1 is 1.31 bits per heavy atom. The summed E-state index contributed by atoms with van der Waals surface area (Å²) in [7, 11) is -0.945. The Morgan fingerprint density at radius 3 is 2.62 bits per heavy atom. The van der Waals surface area contributed by atoms with Crippen LogP contribution >= 0.6 is 0 Å². The number of benzene rings is 1. The Labute approximate surface area is 97.7 Å². The summed E-state index contributed by atoms with van der Waals surface area (Å²) >= 11 is 0. The van der Waals surface area contributed by atoms with Crippen LogP contribution < -0.4 is 11.1 Å². The van der Waals surface area contributed by atoms with Gasteiger partial charge in [0, 0.05) is 28.9 Å². The van der Waals surface area contributed by atoms with Gasteiger partial charge < -0.3 is 11.1 Å². The van der Waals surface area contributed by atoms with Crippen LogP contribution in [0.3, 0.4) is 0 Å². The van der Waals surface area contributed by atoms with Crippen molar-refractivity contribution in [1.29, 1.82) is 0 Å². The highest BCUT2D eigenvalue weighted by Gasteiger charge is 2.02. The molecule has 0 aromatic heterocycles. The first-order chi connectivity index (χ1) is 7.72. The van der Waals surface area contributed by atoms with Gasteiger partial charge in [-0.1, -0.05) is 30.3 Å². The lowest BCUT2D eigenvalue weighted by molar-refractivity contribution is -0.119. The maximum atomic E-state index is 11.6. The minimum atomic E-state index is -0.945. The standard InChI is InChI=1S/C11H16N2O2S/c12-8-11(14)13-6-7-16(15)9-10-4-2-1-3-5-10/h1-5H,6-9,12H2,(H,13,14).